The second-order valence-corrected chi connectivity index (χ2v) is 5.63. The SMILES string of the molecule is INC1CCC(OCCN2CCCC2)CC1. The summed E-state index contributed by atoms with van der Waals surface area (Å²) in [7, 11) is 0. The largest absolute Gasteiger partial charge is 0.377 e. The second-order valence-electron chi connectivity index (χ2n) is 5.00. The van der Waals surface area contributed by atoms with Crippen LogP contribution in [0, 0.1) is 0 Å². The van der Waals surface area contributed by atoms with Crippen molar-refractivity contribution in [3.05, 3.63) is 0 Å². The molecule has 1 saturated carbocycles. The van der Waals surface area contributed by atoms with Gasteiger partial charge in [-0.25, -0.2) is 0 Å². The smallest absolute Gasteiger partial charge is 0.0597 e. The van der Waals surface area contributed by atoms with Crippen LogP contribution in [-0.2, 0) is 4.74 Å². The first-order valence-electron chi connectivity index (χ1n) is 6.58. The third-order valence-corrected chi connectivity index (χ3v) is 4.67. The minimum atomic E-state index is 0.531. The van der Waals surface area contributed by atoms with Gasteiger partial charge in [-0.15, -0.1) is 0 Å². The van der Waals surface area contributed by atoms with Gasteiger partial charge < -0.3 is 9.64 Å². The molecule has 2 rings (SSSR count). The molecule has 1 aliphatic heterocycles. The highest BCUT2D eigenvalue weighted by Gasteiger charge is 2.21. The standard InChI is InChI=1S/C12H23IN2O/c13-14-11-3-5-12(6-4-11)16-10-9-15-7-1-2-8-15/h11-12,14H,1-10H2. The third kappa shape index (κ3) is 4.13. The van der Waals surface area contributed by atoms with Crippen LogP contribution >= 0.6 is 22.9 Å². The zero-order chi connectivity index (χ0) is 11.2. The Bertz CT molecular complexity index is 189. The van der Waals surface area contributed by atoms with Gasteiger partial charge in [0.25, 0.3) is 0 Å². The topological polar surface area (TPSA) is 24.5 Å². The lowest BCUT2D eigenvalue weighted by Gasteiger charge is -2.28. The van der Waals surface area contributed by atoms with E-state index >= 15 is 0 Å². The Labute approximate surface area is 113 Å². The van der Waals surface area contributed by atoms with Crippen LogP contribution in [0.3, 0.4) is 0 Å². The van der Waals surface area contributed by atoms with E-state index in [0.29, 0.717) is 6.10 Å². The lowest BCUT2D eigenvalue weighted by Crippen LogP contribution is -2.32. The van der Waals surface area contributed by atoms with Crippen LogP contribution in [0.1, 0.15) is 38.5 Å². The number of ether oxygens (including phenoxy) is 1. The summed E-state index contributed by atoms with van der Waals surface area (Å²) in [6.45, 7) is 4.65. The van der Waals surface area contributed by atoms with E-state index in [1.54, 1.807) is 0 Å². The van der Waals surface area contributed by atoms with Gasteiger partial charge in [0.05, 0.1) is 12.7 Å². The predicted octanol–water partition coefficient (Wildman–Crippen LogP) is 2.35. The van der Waals surface area contributed by atoms with Gasteiger partial charge in [0.15, 0.2) is 0 Å². The first-order valence-corrected chi connectivity index (χ1v) is 7.66. The Kier molecular flexibility index (Phi) is 5.82. The van der Waals surface area contributed by atoms with E-state index in [9.17, 15) is 0 Å². The molecule has 3 nitrogen and oxygen atoms in total. The molecule has 0 aromatic carbocycles. The van der Waals surface area contributed by atoms with E-state index in [2.05, 4.69) is 31.3 Å². The Morgan fingerprint density at radius 2 is 1.81 bits per heavy atom. The van der Waals surface area contributed by atoms with E-state index in [-0.39, 0.29) is 0 Å². The monoisotopic (exact) mass is 338 g/mol. The molecule has 2 aliphatic rings. The molecule has 0 aromatic rings. The fourth-order valence-electron chi connectivity index (χ4n) is 2.69. The molecule has 0 aromatic heterocycles. The summed E-state index contributed by atoms with van der Waals surface area (Å²) in [4.78, 5) is 2.53. The predicted molar refractivity (Wildman–Crippen MR) is 74.8 cm³/mol. The molecular weight excluding hydrogens is 315 g/mol. The van der Waals surface area contributed by atoms with Crippen molar-refractivity contribution in [2.75, 3.05) is 26.2 Å². The molecule has 1 heterocycles. The molecule has 1 saturated heterocycles. The van der Waals surface area contributed by atoms with Gasteiger partial charge in [-0.1, -0.05) is 0 Å². The molecule has 0 radical (unpaired) electrons. The quantitative estimate of drug-likeness (QED) is 0.615. The zero-order valence-electron chi connectivity index (χ0n) is 9.96. The van der Waals surface area contributed by atoms with Crippen molar-refractivity contribution in [1.82, 2.24) is 8.43 Å². The summed E-state index contributed by atoms with van der Waals surface area (Å²) >= 11 is 2.27. The van der Waals surface area contributed by atoms with Crippen molar-refractivity contribution < 1.29 is 4.74 Å². The zero-order valence-corrected chi connectivity index (χ0v) is 12.1. The van der Waals surface area contributed by atoms with Crippen LogP contribution in [0.5, 0.6) is 0 Å². The number of nitrogens with zero attached hydrogens (tertiary/aromatic N) is 1. The van der Waals surface area contributed by atoms with Gasteiger partial charge in [0, 0.05) is 35.5 Å². The molecule has 0 spiro atoms. The molecule has 0 unspecified atom stereocenters. The van der Waals surface area contributed by atoms with Crippen LogP contribution in [0.4, 0.5) is 0 Å². The Morgan fingerprint density at radius 3 is 2.44 bits per heavy atom. The Balaban J connectivity index is 1.53. The van der Waals surface area contributed by atoms with Crippen molar-refractivity contribution in [2.45, 2.75) is 50.7 Å². The van der Waals surface area contributed by atoms with E-state index < -0.39 is 0 Å². The maximum absolute atomic E-state index is 5.97. The number of halogens is 1. The summed E-state index contributed by atoms with van der Waals surface area (Å²) in [6, 6.07) is 0.721. The van der Waals surface area contributed by atoms with Crippen LogP contribution in [-0.4, -0.2) is 43.3 Å². The minimum Gasteiger partial charge on any atom is -0.377 e. The maximum Gasteiger partial charge on any atom is 0.0597 e. The van der Waals surface area contributed by atoms with Crippen molar-refractivity contribution in [2.24, 2.45) is 0 Å². The summed E-state index contributed by atoms with van der Waals surface area (Å²) in [5.74, 6) is 0. The highest BCUT2D eigenvalue weighted by atomic mass is 127. The fourth-order valence-corrected chi connectivity index (χ4v) is 3.32. The van der Waals surface area contributed by atoms with Crippen LogP contribution in [0.2, 0.25) is 0 Å². The molecule has 1 aliphatic carbocycles. The van der Waals surface area contributed by atoms with Gasteiger partial charge >= 0.3 is 0 Å². The van der Waals surface area contributed by atoms with Crippen molar-refractivity contribution in [3.8, 4) is 0 Å². The van der Waals surface area contributed by atoms with Crippen molar-refractivity contribution in [3.63, 3.8) is 0 Å². The van der Waals surface area contributed by atoms with Crippen molar-refractivity contribution >= 4 is 22.9 Å². The molecule has 94 valence electrons. The van der Waals surface area contributed by atoms with Crippen molar-refractivity contribution in [1.29, 1.82) is 0 Å². The highest BCUT2D eigenvalue weighted by molar-refractivity contribution is 14.1. The van der Waals surface area contributed by atoms with Crippen LogP contribution in [0.25, 0.3) is 0 Å². The number of likely N-dealkylation sites (tertiary alicyclic amines) is 1. The molecule has 16 heavy (non-hydrogen) atoms. The summed E-state index contributed by atoms with van der Waals surface area (Å²) in [5.41, 5.74) is 0. The lowest BCUT2D eigenvalue weighted by atomic mass is 9.94. The minimum absolute atomic E-state index is 0.531. The van der Waals surface area contributed by atoms with Gasteiger partial charge in [-0.2, -0.15) is 0 Å². The highest BCUT2D eigenvalue weighted by Crippen LogP contribution is 2.21. The number of nitrogens with one attached hydrogen (secondary N) is 1. The van der Waals surface area contributed by atoms with E-state index in [1.165, 1.54) is 51.6 Å². The van der Waals surface area contributed by atoms with Gasteiger partial charge in [-0.3, -0.25) is 3.53 Å². The Hall–Kier alpha value is 0.610. The number of hydrogen-bond acceptors (Lipinski definition) is 3. The molecule has 0 amide bonds. The second kappa shape index (κ2) is 7.13. The third-order valence-electron chi connectivity index (χ3n) is 3.79. The summed E-state index contributed by atoms with van der Waals surface area (Å²) in [5, 5.41) is 0. The Morgan fingerprint density at radius 1 is 1.12 bits per heavy atom. The number of hydrogen-bond donors (Lipinski definition) is 1. The average Bonchev–Trinajstić information content (AvgIpc) is 2.83. The molecule has 1 N–H and O–H groups in total. The number of rotatable bonds is 5. The van der Waals surface area contributed by atoms with E-state index in [1.807, 2.05) is 0 Å². The van der Waals surface area contributed by atoms with Gasteiger partial charge in [0.2, 0.25) is 0 Å². The molecule has 2 fully saturated rings. The fraction of sp³-hybridized carbons (Fsp3) is 1.00. The molecule has 0 atom stereocenters. The normalized spacial score (nSPS) is 32.1. The summed E-state index contributed by atoms with van der Waals surface area (Å²) < 4.78 is 9.30. The maximum atomic E-state index is 5.97. The molecular formula is C12H23IN2O. The first-order chi connectivity index (χ1) is 7.88. The molecule has 4 heteroatoms. The van der Waals surface area contributed by atoms with Gasteiger partial charge in [-0.05, 0) is 51.6 Å². The van der Waals surface area contributed by atoms with Gasteiger partial charge in [0.1, 0.15) is 0 Å². The van der Waals surface area contributed by atoms with E-state index in [0.717, 1.165) is 19.2 Å². The first kappa shape index (κ1) is 13.1. The van der Waals surface area contributed by atoms with Crippen LogP contribution < -0.4 is 3.53 Å². The van der Waals surface area contributed by atoms with Crippen LogP contribution in [0.15, 0.2) is 0 Å². The summed E-state index contributed by atoms with van der Waals surface area (Å²) in [6.07, 6.45) is 8.32. The molecule has 0 bridgehead atoms. The lowest BCUT2D eigenvalue weighted by molar-refractivity contribution is 0.0154. The van der Waals surface area contributed by atoms with E-state index in [4.69, 9.17) is 4.74 Å². The average molecular weight is 338 g/mol.